The van der Waals surface area contributed by atoms with E-state index >= 15 is 0 Å². The van der Waals surface area contributed by atoms with E-state index in [0.717, 1.165) is 19.3 Å². The van der Waals surface area contributed by atoms with Crippen LogP contribution in [0.3, 0.4) is 0 Å². The van der Waals surface area contributed by atoms with Crippen molar-refractivity contribution in [2.45, 2.75) is 44.0 Å². The topological polar surface area (TPSA) is 67.4 Å². The first-order valence-corrected chi connectivity index (χ1v) is 8.87. The van der Waals surface area contributed by atoms with Crippen LogP contribution in [0.2, 0.25) is 0 Å². The van der Waals surface area contributed by atoms with E-state index in [1.165, 1.54) is 0 Å². The van der Waals surface area contributed by atoms with Crippen LogP contribution < -0.4 is 14.8 Å². The van der Waals surface area contributed by atoms with Crippen molar-refractivity contribution < 1.29 is 13.2 Å². The molecule has 0 radical (unpaired) electrons. The van der Waals surface area contributed by atoms with E-state index in [0.29, 0.717) is 18.9 Å². The van der Waals surface area contributed by atoms with Gasteiger partial charge in [0.1, 0.15) is 5.75 Å². The molecule has 0 aliphatic heterocycles. The third-order valence-corrected chi connectivity index (χ3v) is 4.66. The van der Waals surface area contributed by atoms with E-state index in [2.05, 4.69) is 17.0 Å². The highest BCUT2D eigenvalue weighted by molar-refractivity contribution is 7.89. The Bertz CT molecular complexity index is 506. The molecule has 1 rings (SSSR count). The van der Waals surface area contributed by atoms with Gasteiger partial charge < -0.3 is 10.1 Å². The molecular weight excluding hydrogens is 324 g/mol. The number of hydrogen-bond acceptors (Lipinski definition) is 4. The lowest BCUT2D eigenvalue weighted by atomic mass is 10.3. The number of benzene rings is 1. The fraction of sp³-hybridized carbons (Fsp3) is 0.600. The summed E-state index contributed by atoms with van der Waals surface area (Å²) in [6.07, 6.45) is 3.30. The third kappa shape index (κ3) is 7.45. The molecule has 0 aromatic heterocycles. The molecule has 2 N–H and O–H groups in total. The molecule has 1 aromatic carbocycles. The van der Waals surface area contributed by atoms with E-state index in [1.807, 2.05) is 6.92 Å². The second-order valence-corrected chi connectivity index (χ2v) is 6.84. The molecule has 5 nitrogen and oxygen atoms in total. The molecule has 0 amide bonds. The molecule has 1 unspecified atom stereocenters. The molecule has 0 aliphatic rings. The van der Waals surface area contributed by atoms with Crippen LogP contribution in [0.15, 0.2) is 29.2 Å². The minimum Gasteiger partial charge on any atom is -0.494 e. The first kappa shape index (κ1) is 21.2. The first-order chi connectivity index (χ1) is 9.99. The smallest absolute Gasteiger partial charge is 0.240 e. The highest BCUT2D eigenvalue weighted by Gasteiger charge is 2.14. The number of nitrogens with one attached hydrogen (secondary N) is 2. The van der Waals surface area contributed by atoms with Gasteiger partial charge in [-0.05, 0) is 44.7 Å². The summed E-state index contributed by atoms with van der Waals surface area (Å²) >= 11 is 0. The Morgan fingerprint density at radius 3 is 2.36 bits per heavy atom. The molecule has 1 aromatic rings. The van der Waals surface area contributed by atoms with Crippen LogP contribution >= 0.6 is 12.4 Å². The Balaban J connectivity index is 0.00000441. The molecule has 0 saturated carbocycles. The van der Waals surface area contributed by atoms with E-state index in [1.54, 1.807) is 31.3 Å². The van der Waals surface area contributed by atoms with Gasteiger partial charge in [-0.25, -0.2) is 13.1 Å². The fourth-order valence-corrected chi connectivity index (χ4v) is 2.81. The minimum absolute atomic E-state index is 0. The van der Waals surface area contributed by atoms with Crippen LogP contribution in [0.1, 0.15) is 33.1 Å². The van der Waals surface area contributed by atoms with Crippen molar-refractivity contribution in [3.05, 3.63) is 24.3 Å². The van der Waals surface area contributed by atoms with Gasteiger partial charge >= 0.3 is 0 Å². The van der Waals surface area contributed by atoms with Crippen molar-refractivity contribution >= 4 is 22.4 Å². The predicted molar refractivity (Wildman–Crippen MR) is 92.4 cm³/mol. The molecule has 22 heavy (non-hydrogen) atoms. The normalized spacial score (nSPS) is 12.5. The van der Waals surface area contributed by atoms with Crippen molar-refractivity contribution in [3.8, 4) is 5.75 Å². The summed E-state index contributed by atoms with van der Waals surface area (Å²) in [6.45, 7) is 5.07. The van der Waals surface area contributed by atoms with Crippen molar-refractivity contribution in [2.24, 2.45) is 0 Å². The Morgan fingerprint density at radius 2 is 1.82 bits per heavy atom. The SMILES string of the molecule is CCCCCOc1ccc(S(=O)(=O)NCC(C)NC)cc1.Cl. The second-order valence-electron chi connectivity index (χ2n) is 5.07. The molecule has 1 atom stereocenters. The van der Waals surface area contributed by atoms with Crippen LogP contribution in [0.25, 0.3) is 0 Å². The van der Waals surface area contributed by atoms with Gasteiger partial charge in [0, 0.05) is 12.6 Å². The predicted octanol–water partition coefficient (Wildman–Crippen LogP) is 2.56. The Labute approximate surface area is 140 Å². The molecule has 0 bridgehead atoms. The van der Waals surface area contributed by atoms with Gasteiger partial charge in [0.15, 0.2) is 0 Å². The van der Waals surface area contributed by atoms with Gasteiger partial charge in [-0.15, -0.1) is 12.4 Å². The molecule has 7 heteroatoms. The molecule has 0 heterocycles. The van der Waals surface area contributed by atoms with Gasteiger partial charge in [-0.2, -0.15) is 0 Å². The zero-order chi connectivity index (χ0) is 15.7. The van der Waals surface area contributed by atoms with Crippen molar-refractivity contribution in [2.75, 3.05) is 20.2 Å². The summed E-state index contributed by atoms with van der Waals surface area (Å²) in [5.74, 6) is 0.702. The molecular formula is C15H27ClN2O3S. The lowest BCUT2D eigenvalue weighted by Gasteiger charge is -2.12. The molecule has 128 valence electrons. The summed E-state index contributed by atoms with van der Waals surface area (Å²) in [5.41, 5.74) is 0. The van der Waals surface area contributed by atoms with Crippen LogP contribution in [0.4, 0.5) is 0 Å². The number of halogens is 1. The Morgan fingerprint density at radius 1 is 1.18 bits per heavy atom. The lowest BCUT2D eigenvalue weighted by molar-refractivity contribution is 0.306. The van der Waals surface area contributed by atoms with E-state index in [4.69, 9.17) is 4.74 Å². The second kappa shape index (κ2) is 10.8. The summed E-state index contributed by atoms with van der Waals surface area (Å²) < 4.78 is 32.3. The maximum atomic E-state index is 12.1. The summed E-state index contributed by atoms with van der Waals surface area (Å²) in [5, 5.41) is 2.98. The zero-order valence-electron chi connectivity index (χ0n) is 13.5. The van der Waals surface area contributed by atoms with Gasteiger partial charge in [0.25, 0.3) is 0 Å². The number of sulfonamides is 1. The van der Waals surface area contributed by atoms with Crippen molar-refractivity contribution in [3.63, 3.8) is 0 Å². The average molecular weight is 351 g/mol. The number of unbranched alkanes of at least 4 members (excludes halogenated alkanes) is 2. The zero-order valence-corrected chi connectivity index (χ0v) is 15.1. The van der Waals surface area contributed by atoms with Crippen LogP contribution in [-0.4, -0.2) is 34.7 Å². The van der Waals surface area contributed by atoms with Crippen molar-refractivity contribution in [1.29, 1.82) is 0 Å². The summed E-state index contributed by atoms with van der Waals surface area (Å²) in [7, 11) is -1.66. The van der Waals surface area contributed by atoms with Gasteiger partial charge in [-0.1, -0.05) is 19.8 Å². The summed E-state index contributed by atoms with van der Waals surface area (Å²) in [6, 6.07) is 6.62. The monoisotopic (exact) mass is 350 g/mol. The van der Waals surface area contributed by atoms with Crippen LogP contribution in [-0.2, 0) is 10.0 Å². The first-order valence-electron chi connectivity index (χ1n) is 7.39. The van der Waals surface area contributed by atoms with E-state index in [9.17, 15) is 8.42 Å². The van der Waals surface area contributed by atoms with E-state index < -0.39 is 10.0 Å². The fourth-order valence-electron chi connectivity index (χ4n) is 1.68. The largest absolute Gasteiger partial charge is 0.494 e. The van der Waals surface area contributed by atoms with Gasteiger partial charge in [0.05, 0.1) is 11.5 Å². The summed E-state index contributed by atoms with van der Waals surface area (Å²) in [4.78, 5) is 0.256. The minimum atomic E-state index is -3.46. The Kier molecular flexibility index (Phi) is 10.4. The Hall–Kier alpha value is -0.820. The van der Waals surface area contributed by atoms with Gasteiger partial charge in [-0.3, -0.25) is 0 Å². The molecule has 0 aliphatic carbocycles. The lowest BCUT2D eigenvalue weighted by Crippen LogP contribution is -2.37. The maximum Gasteiger partial charge on any atom is 0.240 e. The number of likely N-dealkylation sites (N-methyl/N-ethyl adjacent to an activating group) is 1. The molecule has 0 spiro atoms. The number of ether oxygens (including phenoxy) is 1. The highest BCUT2D eigenvalue weighted by atomic mass is 35.5. The molecule has 0 fully saturated rings. The van der Waals surface area contributed by atoms with Gasteiger partial charge in [0.2, 0.25) is 10.0 Å². The van der Waals surface area contributed by atoms with Crippen LogP contribution in [0, 0.1) is 0 Å². The quantitative estimate of drug-likeness (QED) is 0.636. The van der Waals surface area contributed by atoms with Crippen molar-refractivity contribution in [1.82, 2.24) is 10.0 Å². The van der Waals surface area contributed by atoms with Crippen LogP contribution in [0.5, 0.6) is 5.75 Å². The number of rotatable bonds is 10. The number of hydrogen-bond donors (Lipinski definition) is 2. The third-order valence-electron chi connectivity index (χ3n) is 3.22. The highest BCUT2D eigenvalue weighted by Crippen LogP contribution is 2.16. The standard InChI is InChI=1S/C15H26N2O3S.ClH/c1-4-5-6-11-20-14-7-9-15(10-8-14)21(18,19)17-12-13(2)16-3;/h7-10,13,16-17H,4-6,11-12H2,1-3H3;1H. The average Bonchev–Trinajstić information content (AvgIpc) is 2.50. The van der Waals surface area contributed by atoms with E-state index in [-0.39, 0.29) is 23.3 Å². The molecule has 0 saturated heterocycles. The maximum absolute atomic E-state index is 12.1.